The predicted molar refractivity (Wildman–Crippen MR) is 112 cm³/mol. The van der Waals surface area contributed by atoms with Crippen molar-refractivity contribution >= 4 is 18.3 Å². The molecule has 29 heavy (non-hydrogen) atoms. The lowest BCUT2D eigenvalue weighted by molar-refractivity contribution is 0.0747. The van der Waals surface area contributed by atoms with E-state index < -0.39 is 0 Å². The Morgan fingerprint density at radius 1 is 1.28 bits per heavy atom. The van der Waals surface area contributed by atoms with Gasteiger partial charge in [-0.25, -0.2) is 14.1 Å². The van der Waals surface area contributed by atoms with E-state index in [0.717, 1.165) is 25.7 Å². The van der Waals surface area contributed by atoms with Crippen molar-refractivity contribution < 1.29 is 9.18 Å². The van der Waals surface area contributed by atoms with Gasteiger partial charge in [-0.2, -0.15) is 0 Å². The number of nitrogens with zero attached hydrogens (tertiary/aromatic N) is 3. The molecular weight excluding hydrogens is 393 g/mol. The molecule has 0 saturated heterocycles. The molecule has 2 unspecified atom stereocenters. The fourth-order valence-electron chi connectivity index (χ4n) is 4.83. The summed E-state index contributed by atoms with van der Waals surface area (Å²) in [5, 5.41) is 7.61. The van der Waals surface area contributed by atoms with Crippen LogP contribution in [-0.4, -0.2) is 32.8 Å². The van der Waals surface area contributed by atoms with E-state index in [9.17, 15) is 9.18 Å². The molecular formula is C21H29ClFN5O. The highest BCUT2D eigenvalue weighted by molar-refractivity contribution is 5.90. The van der Waals surface area contributed by atoms with Crippen molar-refractivity contribution in [3.05, 3.63) is 41.7 Å². The lowest BCUT2D eigenvalue weighted by atomic mass is 9.67. The van der Waals surface area contributed by atoms with E-state index in [1.54, 1.807) is 16.8 Å². The summed E-state index contributed by atoms with van der Waals surface area (Å²) < 4.78 is 15.2. The first-order chi connectivity index (χ1) is 13.4. The molecule has 2 atom stereocenters. The van der Waals surface area contributed by atoms with E-state index in [1.807, 2.05) is 13.8 Å². The largest absolute Gasteiger partial charge is 0.346 e. The summed E-state index contributed by atoms with van der Waals surface area (Å²) >= 11 is 0. The molecule has 2 fully saturated rings. The van der Waals surface area contributed by atoms with Crippen LogP contribution in [0.15, 0.2) is 24.3 Å². The number of amides is 1. The van der Waals surface area contributed by atoms with Crippen LogP contribution in [0.5, 0.6) is 0 Å². The first kappa shape index (κ1) is 21.7. The minimum Gasteiger partial charge on any atom is -0.346 e. The summed E-state index contributed by atoms with van der Waals surface area (Å²) in [6, 6.07) is 6.55. The Hall–Kier alpha value is -1.99. The van der Waals surface area contributed by atoms with Gasteiger partial charge in [0, 0.05) is 18.0 Å². The van der Waals surface area contributed by atoms with E-state index in [0.29, 0.717) is 23.3 Å². The fraction of sp³-hybridized carbons (Fsp3) is 0.571. The second-order valence-corrected chi connectivity index (χ2v) is 8.52. The Balaban J connectivity index is 0.00000240. The molecule has 8 heteroatoms. The van der Waals surface area contributed by atoms with Crippen LogP contribution >= 0.6 is 12.4 Å². The highest BCUT2D eigenvalue weighted by atomic mass is 35.5. The number of benzene rings is 1. The standard InChI is InChI=1S/C21H28FN5O.ClH/c1-12(2)20-25-19(26-27(20)17-8-4-7-15(22)11-17)21(28)24-18-13-5-3-6-14(18)10-16(23)9-13;/h4,7-8,11-14,16,18H,3,5-6,9-10,23H2,1-2H3,(H,24,28);1H. The summed E-state index contributed by atoms with van der Waals surface area (Å²) in [7, 11) is 0. The van der Waals surface area contributed by atoms with Crippen LogP contribution in [0.1, 0.15) is 68.3 Å². The fourth-order valence-corrected chi connectivity index (χ4v) is 4.83. The van der Waals surface area contributed by atoms with Gasteiger partial charge in [0.2, 0.25) is 5.82 Å². The van der Waals surface area contributed by atoms with Crippen molar-refractivity contribution in [3.63, 3.8) is 0 Å². The van der Waals surface area contributed by atoms with Crippen LogP contribution in [0.25, 0.3) is 5.69 Å². The second kappa shape index (κ2) is 8.79. The van der Waals surface area contributed by atoms with Crippen molar-refractivity contribution in [1.29, 1.82) is 0 Å². The molecule has 6 nitrogen and oxygen atoms in total. The van der Waals surface area contributed by atoms with Gasteiger partial charge in [0.15, 0.2) is 0 Å². The van der Waals surface area contributed by atoms with Crippen molar-refractivity contribution in [2.24, 2.45) is 17.6 Å². The Labute approximate surface area is 176 Å². The highest BCUT2D eigenvalue weighted by Crippen LogP contribution is 2.39. The average molecular weight is 422 g/mol. The van der Waals surface area contributed by atoms with Gasteiger partial charge in [0.25, 0.3) is 5.91 Å². The summed E-state index contributed by atoms with van der Waals surface area (Å²) in [4.78, 5) is 17.4. The molecule has 3 N–H and O–H groups in total. The molecule has 4 rings (SSSR count). The molecule has 1 aromatic carbocycles. The van der Waals surface area contributed by atoms with Gasteiger partial charge in [-0.1, -0.05) is 26.3 Å². The van der Waals surface area contributed by atoms with Crippen molar-refractivity contribution in [1.82, 2.24) is 20.1 Å². The molecule has 2 aliphatic carbocycles. The maximum atomic E-state index is 13.7. The summed E-state index contributed by atoms with van der Waals surface area (Å²) in [6.07, 6.45) is 5.35. The third-order valence-corrected chi connectivity index (χ3v) is 6.08. The molecule has 1 aromatic heterocycles. The van der Waals surface area contributed by atoms with Crippen LogP contribution in [0.4, 0.5) is 4.39 Å². The van der Waals surface area contributed by atoms with Gasteiger partial charge in [0.1, 0.15) is 11.6 Å². The number of fused-ring (bicyclic) bond motifs is 2. The topological polar surface area (TPSA) is 85.8 Å². The average Bonchev–Trinajstić information content (AvgIpc) is 3.08. The van der Waals surface area contributed by atoms with E-state index in [2.05, 4.69) is 15.4 Å². The summed E-state index contributed by atoms with van der Waals surface area (Å²) in [5.41, 5.74) is 6.76. The molecule has 2 aliphatic rings. The number of carbonyl (C=O) groups is 1. The molecule has 1 heterocycles. The number of halogens is 2. The van der Waals surface area contributed by atoms with E-state index in [1.165, 1.54) is 18.6 Å². The quantitative estimate of drug-likeness (QED) is 0.789. The Morgan fingerprint density at radius 2 is 1.97 bits per heavy atom. The monoisotopic (exact) mass is 421 g/mol. The smallest absolute Gasteiger partial charge is 0.291 e. The number of hydrogen-bond acceptors (Lipinski definition) is 4. The second-order valence-electron chi connectivity index (χ2n) is 8.52. The molecule has 2 aromatic rings. The minimum atomic E-state index is -0.347. The van der Waals surface area contributed by atoms with Gasteiger partial charge in [-0.05, 0) is 55.7 Å². The predicted octanol–water partition coefficient (Wildman–Crippen LogP) is 3.59. The summed E-state index contributed by atoms with van der Waals surface area (Å²) in [6.45, 7) is 3.96. The van der Waals surface area contributed by atoms with Crippen molar-refractivity contribution in [2.75, 3.05) is 0 Å². The van der Waals surface area contributed by atoms with Crippen molar-refractivity contribution in [2.45, 2.75) is 64.0 Å². The third kappa shape index (κ3) is 4.46. The molecule has 0 aliphatic heterocycles. The minimum absolute atomic E-state index is 0. The molecule has 1 amide bonds. The van der Waals surface area contributed by atoms with Crippen LogP contribution in [-0.2, 0) is 0 Å². The first-order valence-electron chi connectivity index (χ1n) is 10.2. The lowest BCUT2D eigenvalue weighted by Gasteiger charge is -2.45. The third-order valence-electron chi connectivity index (χ3n) is 6.08. The van der Waals surface area contributed by atoms with E-state index in [-0.39, 0.29) is 48.0 Å². The molecule has 0 radical (unpaired) electrons. The normalized spacial score (nSPS) is 26.1. The van der Waals surface area contributed by atoms with Crippen molar-refractivity contribution in [3.8, 4) is 5.69 Å². The Kier molecular flexibility index (Phi) is 6.58. The van der Waals surface area contributed by atoms with Crippen LogP contribution in [0.3, 0.4) is 0 Å². The zero-order valence-electron chi connectivity index (χ0n) is 16.8. The zero-order valence-corrected chi connectivity index (χ0v) is 17.7. The van der Waals surface area contributed by atoms with Gasteiger partial charge in [-0.15, -0.1) is 17.5 Å². The van der Waals surface area contributed by atoms with Gasteiger partial charge >= 0.3 is 0 Å². The maximum absolute atomic E-state index is 13.7. The Bertz CT molecular complexity index is 857. The number of aromatic nitrogens is 3. The molecule has 2 saturated carbocycles. The highest BCUT2D eigenvalue weighted by Gasteiger charge is 2.40. The van der Waals surface area contributed by atoms with E-state index in [4.69, 9.17) is 5.73 Å². The van der Waals surface area contributed by atoms with E-state index >= 15 is 0 Å². The Morgan fingerprint density at radius 3 is 2.59 bits per heavy atom. The molecule has 158 valence electrons. The van der Waals surface area contributed by atoms with Crippen LogP contribution < -0.4 is 11.1 Å². The van der Waals surface area contributed by atoms with Gasteiger partial charge in [0.05, 0.1) is 5.69 Å². The van der Waals surface area contributed by atoms with Gasteiger partial charge < -0.3 is 11.1 Å². The van der Waals surface area contributed by atoms with Crippen LogP contribution in [0, 0.1) is 17.7 Å². The SMILES string of the molecule is CC(C)c1nc(C(=O)NC2C3CCCC2CC(N)C3)nn1-c1cccc(F)c1.Cl. The number of nitrogens with two attached hydrogens (primary N) is 1. The zero-order chi connectivity index (χ0) is 19.8. The van der Waals surface area contributed by atoms with Crippen LogP contribution in [0.2, 0.25) is 0 Å². The maximum Gasteiger partial charge on any atom is 0.291 e. The summed E-state index contributed by atoms with van der Waals surface area (Å²) in [5.74, 6) is 1.09. The molecule has 0 spiro atoms. The number of rotatable bonds is 4. The molecule has 2 bridgehead atoms. The van der Waals surface area contributed by atoms with Gasteiger partial charge in [-0.3, -0.25) is 4.79 Å². The lowest BCUT2D eigenvalue weighted by Crippen LogP contribution is -2.53. The number of carbonyl (C=O) groups excluding carboxylic acids is 1. The number of hydrogen-bond donors (Lipinski definition) is 2. The number of nitrogens with one attached hydrogen (secondary N) is 1. The first-order valence-corrected chi connectivity index (χ1v) is 10.2.